The molecule has 168 valence electrons. The smallest absolute Gasteiger partial charge is 0.239 e. The van der Waals surface area contributed by atoms with E-state index in [0.717, 1.165) is 11.1 Å². The number of benzene rings is 2. The number of pyridine rings is 1. The predicted molar refractivity (Wildman–Crippen MR) is 121 cm³/mol. The van der Waals surface area contributed by atoms with Crippen molar-refractivity contribution in [2.45, 2.75) is 24.9 Å². The van der Waals surface area contributed by atoms with Crippen LogP contribution in [0.1, 0.15) is 23.5 Å². The number of likely N-dealkylation sites (tertiary alicyclic amines) is 1. The molecule has 0 radical (unpaired) electrons. The summed E-state index contributed by atoms with van der Waals surface area (Å²) in [5.74, 6) is 0.129. The molecule has 3 aromatic rings. The second kappa shape index (κ2) is 9.02. The number of fused-ring (bicyclic) bond motifs is 1. The van der Waals surface area contributed by atoms with Crippen LogP contribution in [0.25, 0.3) is 11.3 Å². The van der Waals surface area contributed by atoms with Gasteiger partial charge in [0.25, 0.3) is 0 Å². The maximum atomic E-state index is 14.2. The minimum Gasteiger partial charge on any atom is -0.487 e. The highest BCUT2D eigenvalue weighted by Crippen LogP contribution is 2.38. The van der Waals surface area contributed by atoms with Gasteiger partial charge in [0.2, 0.25) is 11.8 Å². The molecular weight excluding hydrogens is 421 g/mol. The number of rotatable bonds is 6. The Morgan fingerprint density at radius 3 is 2.73 bits per heavy atom. The van der Waals surface area contributed by atoms with Crippen LogP contribution in [-0.4, -0.2) is 47.4 Å². The van der Waals surface area contributed by atoms with Crippen molar-refractivity contribution in [2.24, 2.45) is 0 Å². The number of carbonyl (C=O) groups excluding carboxylic acids is 2. The standard InChI is InChI=1S/C26H24FN3O3/c27-20-10-18-11-21(33-26(18)22(13-20)23-8-4-5-9-28-23)14-29-24(31)16-30-15-19(12-25(30)32)17-6-2-1-3-7-17/h1-10,13,19,21H,11-12,14-16H2,(H,29,31)/t19-,21-/m0/s1. The monoisotopic (exact) mass is 445 g/mol. The van der Waals surface area contributed by atoms with Crippen LogP contribution in [0.15, 0.2) is 66.9 Å². The average Bonchev–Trinajstić information content (AvgIpc) is 3.41. The molecule has 2 atom stereocenters. The SMILES string of the molecule is O=C(CN1C[C@@H](c2ccccc2)CC1=O)NC[C@@H]1Cc2cc(F)cc(-c3ccccn3)c2O1. The van der Waals surface area contributed by atoms with Gasteiger partial charge < -0.3 is 15.0 Å². The Hall–Kier alpha value is -3.74. The van der Waals surface area contributed by atoms with Gasteiger partial charge in [-0.25, -0.2) is 4.39 Å². The second-order valence-electron chi connectivity index (χ2n) is 8.49. The topological polar surface area (TPSA) is 71.5 Å². The van der Waals surface area contributed by atoms with Gasteiger partial charge in [0.1, 0.15) is 17.7 Å². The van der Waals surface area contributed by atoms with Crippen LogP contribution < -0.4 is 10.1 Å². The van der Waals surface area contributed by atoms with E-state index in [1.54, 1.807) is 17.2 Å². The van der Waals surface area contributed by atoms with Crippen LogP contribution >= 0.6 is 0 Å². The summed E-state index contributed by atoms with van der Waals surface area (Å²) in [6, 6.07) is 18.2. The minimum atomic E-state index is -0.344. The summed E-state index contributed by atoms with van der Waals surface area (Å²) in [5.41, 5.74) is 3.12. The number of hydrogen-bond donors (Lipinski definition) is 1. The fourth-order valence-corrected chi connectivity index (χ4v) is 4.55. The lowest BCUT2D eigenvalue weighted by molar-refractivity contribution is -0.133. The van der Waals surface area contributed by atoms with E-state index in [2.05, 4.69) is 10.3 Å². The Morgan fingerprint density at radius 2 is 1.94 bits per heavy atom. The largest absolute Gasteiger partial charge is 0.487 e. The molecule has 5 rings (SSSR count). The summed E-state index contributed by atoms with van der Waals surface area (Å²) in [6.45, 7) is 0.838. The number of halogens is 1. The zero-order valence-electron chi connectivity index (χ0n) is 18.0. The summed E-state index contributed by atoms with van der Waals surface area (Å²) in [6.07, 6.45) is 2.26. The lowest BCUT2D eigenvalue weighted by Gasteiger charge is -2.18. The van der Waals surface area contributed by atoms with Crippen LogP contribution in [0, 0.1) is 5.82 Å². The van der Waals surface area contributed by atoms with Gasteiger partial charge in [-0.3, -0.25) is 14.6 Å². The van der Waals surface area contributed by atoms with E-state index in [0.29, 0.717) is 36.4 Å². The van der Waals surface area contributed by atoms with E-state index in [9.17, 15) is 14.0 Å². The summed E-state index contributed by atoms with van der Waals surface area (Å²) < 4.78 is 20.2. The first-order chi connectivity index (χ1) is 16.1. The Bertz CT molecular complexity index is 1170. The maximum Gasteiger partial charge on any atom is 0.239 e. The molecule has 1 aromatic heterocycles. The highest BCUT2D eigenvalue weighted by Gasteiger charge is 2.32. The summed E-state index contributed by atoms with van der Waals surface area (Å²) in [4.78, 5) is 30.8. The maximum absolute atomic E-state index is 14.2. The van der Waals surface area contributed by atoms with Crippen molar-refractivity contribution >= 4 is 11.8 Å². The lowest BCUT2D eigenvalue weighted by Crippen LogP contribution is -2.41. The van der Waals surface area contributed by atoms with Crippen LogP contribution in [0.4, 0.5) is 4.39 Å². The summed E-state index contributed by atoms with van der Waals surface area (Å²) in [5, 5.41) is 2.87. The molecule has 33 heavy (non-hydrogen) atoms. The van der Waals surface area contributed by atoms with Crippen LogP contribution in [0.2, 0.25) is 0 Å². The van der Waals surface area contributed by atoms with Gasteiger partial charge in [-0.15, -0.1) is 0 Å². The third kappa shape index (κ3) is 4.58. The Morgan fingerprint density at radius 1 is 1.12 bits per heavy atom. The van der Waals surface area contributed by atoms with Gasteiger partial charge in [0, 0.05) is 42.6 Å². The van der Waals surface area contributed by atoms with Crippen molar-refractivity contribution in [3.63, 3.8) is 0 Å². The molecule has 7 heteroatoms. The molecule has 0 unspecified atom stereocenters. The first-order valence-electron chi connectivity index (χ1n) is 11.1. The molecule has 1 fully saturated rings. The molecule has 2 aromatic carbocycles. The highest BCUT2D eigenvalue weighted by atomic mass is 19.1. The Labute approximate surface area is 191 Å². The Kier molecular flexibility index (Phi) is 5.77. The molecule has 0 spiro atoms. The zero-order chi connectivity index (χ0) is 22.8. The van der Waals surface area contributed by atoms with Gasteiger partial charge >= 0.3 is 0 Å². The van der Waals surface area contributed by atoms with Crippen molar-refractivity contribution in [3.05, 3.63) is 83.8 Å². The number of nitrogens with zero attached hydrogens (tertiary/aromatic N) is 2. The van der Waals surface area contributed by atoms with Crippen LogP contribution in [0.5, 0.6) is 5.75 Å². The minimum absolute atomic E-state index is 0.0148. The number of hydrogen-bond acceptors (Lipinski definition) is 4. The lowest BCUT2D eigenvalue weighted by atomic mass is 9.99. The molecule has 0 saturated carbocycles. The number of aromatic nitrogens is 1. The molecule has 2 aliphatic heterocycles. The number of carbonyl (C=O) groups is 2. The highest BCUT2D eigenvalue weighted by molar-refractivity contribution is 5.86. The van der Waals surface area contributed by atoms with E-state index in [1.165, 1.54) is 12.1 Å². The third-order valence-electron chi connectivity index (χ3n) is 6.15. The summed E-state index contributed by atoms with van der Waals surface area (Å²) >= 11 is 0. The number of ether oxygens (including phenoxy) is 1. The number of nitrogens with one attached hydrogen (secondary N) is 1. The van der Waals surface area contributed by atoms with Crippen LogP contribution in [-0.2, 0) is 16.0 Å². The van der Waals surface area contributed by atoms with Crippen molar-refractivity contribution in [2.75, 3.05) is 19.6 Å². The van der Waals surface area contributed by atoms with E-state index >= 15 is 0 Å². The van der Waals surface area contributed by atoms with Gasteiger partial charge in [0.05, 0.1) is 18.8 Å². The predicted octanol–water partition coefficient (Wildman–Crippen LogP) is 3.32. The average molecular weight is 445 g/mol. The van der Waals surface area contributed by atoms with Crippen molar-refractivity contribution < 1.29 is 18.7 Å². The fraction of sp³-hybridized carbons (Fsp3) is 0.269. The second-order valence-corrected chi connectivity index (χ2v) is 8.49. The van der Waals surface area contributed by atoms with Gasteiger partial charge in [-0.05, 0) is 29.8 Å². The molecule has 2 amide bonds. The first kappa shape index (κ1) is 21.1. The van der Waals surface area contributed by atoms with E-state index < -0.39 is 0 Å². The molecule has 0 aliphatic carbocycles. The molecular formula is C26H24FN3O3. The zero-order valence-corrected chi connectivity index (χ0v) is 18.0. The van der Waals surface area contributed by atoms with Crippen LogP contribution in [0.3, 0.4) is 0 Å². The Balaban J connectivity index is 1.18. The molecule has 3 heterocycles. The summed E-state index contributed by atoms with van der Waals surface area (Å²) in [7, 11) is 0. The normalized spacial score (nSPS) is 19.3. The van der Waals surface area contributed by atoms with Gasteiger partial charge in [-0.1, -0.05) is 36.4 Å². The van der Waals surface area contributed by atoms with E-state index in [1.807, 2.05) is 42.5 Å². The quantitative estimate of drug-likeness (QED) is 0.632. The molecule has 6 nitrogen and oxygen atoms in total. The van der Waals surface area contributed by atoms with E-state index in [4.69, 9.17) is 4.74 Å². The molecule has 2 aliphatic rings. The number of amides is 2. The first-order valence-corrected chi connectivity index (χ1v) is 11.1. The third-order valence-corrected chi connectivity index (χ3v) is 6.15. The molecule has 1 saturated heterocycles. The fourth-order valence-electron chi connectivity index (χ4n) is 4.55. The van der Waals surface area contributed by atoms with E-state index in [-0.39, 0.29) is 42.7 Å². The van der Waals surface area contributed by atoms with Crippen molar-refractivity contribution in [3.8, 4) is 17.0 Å². The van der Waals surface area contributed by atoms with Crippen molar-refractivity contribution in [1.82, 2.24) is 15.2 Å². The molecule has 1 N–H and O–H groups in total. The van der Waals surface area contributed by atoms with Gasteiger partial charge in [0.15, 0.2) is 0 Å². The van der Waals surface area contributed by atoms with Gasteiger partial charge in [-0.2, -0.15) is 0 Å². The van der Waals surface area contributed by atoms with Crippen molar-refractivity contribution in [1.29, 1.82) is 0 Å². The molecule has 0 bridgehead atoms.